The third-order valence-electron chi connectivity index (χ3n) is 11.1. The molecular formula is C54H38N2O7. The SMILES string of the molecule is C=C1NC(=O)c2cc(C(=O)c3ccc4c(c3)C(=O)N(c3ccc(Oc5ccc(C(=O)c6cccc(C(=O)c7ccc(Oc8ccc(C(C)C)cc8)cc7)c6)cc5)cc3)C4=C)ccc21. The van der Waals surface area contributed by atoms with E-state index >= 15 is 0 Å². The lowest BCUT2D eigenvalue weighted by Gasteiger charge is -2.18. The first kappa shape index (κ1) is 40.0. The summed E-state index contributed by atoms with van der Waals surface area (Å²) in [4.78, 5) is 68.0. The number of ether oxygens (including phenoxy) is 2. The van der Waals surface area contributed by atoms with Gasteiger partial charge < -0.3 is 14.8 Å². The van der Waals surface area contributed by atoms with Crippen molar-refractivity contribution in [1.82, 2.24) is 5.32 Å². The summed E-state index contributed by atoms with van der Waals surface area (Å²) in [5.41, 5.74) is 7.00. The van der Waals surface area contributed by atoms with Gasteiger partial charge in [-0.25, -0.2) is 0 Å². The molecule has 2 amide bonds. The molecular weight excluding hydrogens is 789 g/mol. The molecule has 63 heavy (non-hydrogen) atoms. The highest BCUT2D eigenvalue weighted by molar-refractivity contribution is 6.23. The van der Waals surface area contributed by atoms with Crippen molar-refractivity contribution >= 4 is 46.2 Å². The van der Waals surface area contributed by atoms with Crippen LogP contribution in [0.25, 0.3) is 11.4 Å². The minimum atomic E-state index is -0.332. The maximum absolute atomic E-state index is 13.7. The molecule has 0 aliphatic carbocycles. The molecule has 306 valence electrons. The van der Waals surface area contributed by atoms with Gasteiger partial charge in [-0.1, -0.05) is 81.6 Å². The Bertz CT molecular complexity index is 3060. The molecule has 0 saturated heterocycles. The quantitative estimate of drug-likeness (QED) is 0.122. The topological polar surface area (TPSA) is 119 Å². The fourth-order valence-corrected chi connectivity index (χ4v) is 7.67. The number of benzene rings is 7. The average Bonchev–Trinajstić information content (AvgIpc) is 3.74. The van der Waals surface area contributed by atoms with Gasteiger partial charge in [0.25, 0.3) is 11.8 Å². The summed E-state index contributed by atoms with van der Waals surface area (Å²) in [7, 11) is 0. The highest BCUT2D eigenvalue weighted by Crippen LogP contribution is 2.38. The van der Waals surface area contributed by atoms with Gasteiger partial charge in [0.05, 0.1) is 11.3 Å². The van der Waals surface area contributed by atoms with E-state index in [4.69, 9.17) is 9.47 Å². The molecule has 0 bridgehead atoms. The molecule has 0 unspecified atom stereocenters. The van der Waals surface area contributed by atoms with Crippen molar-refractivity contribution in [3.05, 3.63) is 232 Å². The summed E-state index contributed by atoms with van der Waals surface area (Å²) in [5, 5.41) is 2.66. The predicted molar refractivity (Wildman–Crippen MR) is 242 cm³/mol. The number of carbonyl (C=O) groups is 5. The zero-order chi connectivity index (χ0) is 43.9. The number of carbonyl (C=O) groups excluding carboxylic acids is 5. The van der Waals surface area contributed by atoms with E-state index < -0.39 is 0 Å². The zero-order valence-corrected chi connectivity index (χ0v) is 34.3. The third kappa shape index (κ3) is 7.75. The molecule has 9 heteroatoms. The Hall–Kier alpha value is -8.43. The number of nitrogens with one attached hydrogen (secondary N) is 1. The van der Waals surface area contributed by atoms with Crippen LogP contribution in [0.15, 0.2) is 171 Å². The number of amides is 2. The molecule has 1 N–H and O–H groups in total. The molecule has 9 nitrogen and oxygen atoms in total. The molecule has 2 aliphatic heterocycles. The number of fused-ring (bicyclic) bond motifs is 2. The minimum absolute atomic E-state index is 0.215. The van der Waals surface area contributed by atoms with E-state index in [0.717, 1.165) is 0 Å². The fraction of sp³-hybridized carbons (Fsp3) is 0.0556. The Morgan fingerprint density at radius 1 is 0.492 bits per heavy atom. The molecule has 0 fully saturated rings. The number of hydrogen-bond donors (Lipinski definition) is 1. The summed E-state index contributed by atoms with van der Waals surface area (Å²) in [5.74, 6) is 1.30. The van der Waals surface area contributed by atoms with Crippen LogP contribution in [0.2, 0.25) is 0 Å². The molecule has 0 radical (unpaired) electrons. The van der Waals surface area contributed by atoms with Crippen molar-refractivity contribution in [2.24, 2.45) is 0 Å². The van der Waals surface area contributed by atoms with E-state index in [1.165, 1.54) is 10.5 Å². The number of anilines is 1. The first-order chi connectivity index (χ1) is 30.4. The molecule has 0 atom stereocenters. The van der Waals surface area contributed by atoms with Gasteiger partial charge in [-0.05, 0) is 115 Å². The predicted octanol–water partition coefficient (Wildman–Crippen LogP) is 11.4. The molecule has 7 aromatic rings. The normalized spacial score (nSPS) is 12.8. The number of ketones is 3. The molecule has 0 aromatic heterocycles. The third-order valence-corrected chi connectivity index (χ3v) is 11.1. The van der Waals surface area contributed by atoms with E-state index in [9.17, 15) is 24.0 Å². The van der Waals surface area contributed by atoms with Crippen molar-refractivity contribution in [3.8, 4) is 23.0 Å². The second-order valence-electron chi connectivity index (χ2n) is 15.6. The van der Waals surface area contributed by atoms with Crippen molar-refractivity contribution < 1.29 is 33.4 Å². The molecule has 2 aliphatic rings. The maximum Gasteiger partial charge on any atom is 0.263 e. The standard InChI is InChI=1S/C54H38N2O7/c1-31(2)34-8-18-42(19-9-34)62-43-20-10-35(11-21-43)50(57)37-6-5-7-38(28-37)51(58)36-12-22-44(23-13-36)63-45-24-16-41(17-25-45)56-33(4)47-27-15-40(30-49(47)54(56)61)52(59)39-14-26-46-32(3)55-53(60)48(46)29-39/h5-31H,3-4H2,1-2H3,(H,55,60). The minimum Gasteiger partial charge on any atom is -0.457 e. The summed E-state index contributed by atoms with van der Waals surface area (Å²) in [6.45, 7) is 12.3. The highest BCUT2D eigenvalue weighted by atomic mass is 16.5. The lowest BCUT2D eigenvalue weighted by Crippen LogP contribution is -2.21. The van der Waals surface area contributed by atoms with Gasteiger partial charge in [-0.15, -0.1) is 0 Å². The van der Waals surface area contributed by atoms with Gasteiger partial charge in [0.15, 0.2) is 17.3 Å². The smallest absolute Gasteiger partial charge is 0.263 e. The first-order valence-electron chi connectivity index (χ1n) is 20.2. The van der Waals surface area contributed by atoms with Crippen LogP contribution >= 0.6 is 0 Å². The van der Waals surface area contributed by atoms with E-state index in [2.05, 4.69) is 32.3 Å². The van der Waals surface area contributed by atoms with E-state index in [1.54, 1.807) is 133 Å². The van der Waals surface area contributed by atoms with Crippen LogP contribution in [-0.2, 0) is 0 Å². The highest BCUT2D eigenvalue weighted by Gasteiger charge is 2.33. The second-order valence-corrected chi connectivity index (χ2v) is 15.6. The molecule has 7 aromatic carbocycles. The lowest BCUT2D eigenvalue weighted by atomic mass is 9.96. The summed E-state index contributed by atoms with van der Waals surface area (Å²) < 4.78 is 12.0. The van der Waals surface area contributed by atoms with Gasteiger partial charge in [-0.2, -0.15) is 0 Å². The Morgan fingerprint density at radius 2 is 0.921 bits per heavy atom. The van der Waals surface area contributed by atoms with Gasteiger partial charge >= 0.3 is 0 Å². The van der Waals surface area contributed by atoms with Crippen molar-refractivity contribution in [1.29, 1.82) is 0 Å². The van der Waals surface area contributed by atoms with Gasteiger partial charge in [0.2, 0.25) is 0 Å². The van der Waals surface area contributed by atoms with Gasteiger partial charge in [0.1, 0.15) is 23.0 Å². The van der Waals surface area contributed by atoms with Crippen LogP contribution in [0.4, 0.5) is 5.69 Å². The summed E-state index contributed by atoms with van der Waals surface area (Å²) >= 11 is 0. The molecule has 9 rings (SSSR count). The summed E-state index contributed by atoms with van der Waals surface area (Å²) in [6.07, 6.45) is 0. The van der Waals surface area contributed by atoms with Crippen molar-refractivity contribution in [2.75, 3.05) is 4.90 Å². The Kier molecular flexibility index (Phi) is 10.3. The molecule has 0 saturated carbocycles. The molecule has 0 spiro atoms. The Balaban J connectivity index is 0.824. The largest absolute Gasteiger partial charge is 0.457 e. The van der Waals surface area contributed by atoms with E-state index in [1.807, 2.05) is 24.3 Å². The maximum atomic E-state index is 13.7. The zero-order valence-electron chi connectivity index (χ0n) is 34.3. The Morgan fingerprint density at radius 3 is 1.44 bits per heavy atom. The first-order valence-corrected chi connectivity index (χ1v) is 20.2. The van der Waals surface area contributed by atoms with Crippen LogP contribution in [0, 0.1) is 0 Å². The second kappa shape index (κ2) is 16.2. The van der Waals surface area contributed by atoms with Crippen LogP contribution in [0.5, 0.6) is 23.0 Å². The van der Waals surface area contributed by atoms with Crippen LogP contribution in [0.3, 0.4) is 0 Å². The van der Waals surface area contributed by atoms with Crippen LogP contribution < -0.4 is 19.7 Å². The van der Waals surface area contributed by atoms with Gasteiger partial charge in [-0.3, -0.25) is 28.9 Å². The van der Waals surface area contributed by atoms with Crippen LogP contribution in [-0.4, -0.2) is 29.2 Å². The fourth-order valence-electron chi connectivity index (χ4n) is 7.67. The Labute approximate surface area is 363 Å². The lowest BCUT2D eigenvalue weighted by molar-refractivity contribution is 0.0977. The number of hydrogen-bond acceptors (Lipinski definition) is 7. The van der Waals surface area contributed by atoms with Crippen molar-refractivity contribution in [3.63, 3.8) is 0 Å². The van der Waals surface area contributed by atoms with E-state index in [0.29, 0.717) is 102 Å². The summed E-state index contributed by atoms with van der Waals surface area (Å²) in [6, 6.07) is 44.9. The molecule has 2 heterocycles. The van der Waals surface area contributed by atoms with Crippen molar-refractivity contribution in [2.45, 2.75) is 19.8 Å². The monoisotopic (exact) mass is 826 g/mol. The number of rotatable bonds is 12. The average molecular weight is 827 g/mol. The number of nitrogens with zero attached hydrogens (tertiary/aromatic N) is 1. The van der Waals surface area contributed by atoms with E-state index in [-0.39, 0.29) is 29.2 Å². The van der Waals surface area contributed by atoms with Crippen LogP contribution in [0.1, 0.15) is 105 Å². The van der Waals surface area contributed by atoms with Gasteiger partial charge in [0, 0.05) is 61.5 Å².